The molecule has 13 heavy (non-hydrogen) atoms. The molecule has 2 unspecified atom stereocenters. The summed E-state index contributed by atoms with van der Waals surface area (Å²) >= 11 is 0. The second kappa shape index (κ2) is 6.39. The average Bonchev–Trinajstić information content (AvgIpc) is 2.65. The van der Waals surface area contributed by atoms with Crippen LogP contribution in [0.15, 0.2) is 0 Å². The topological polar surface area (TPSA) is 21.3 Å². The summed E-state index contributed by atoms with van der Waals surface area (Å²) in [4.78, 5) is 0. The van der Waals surface area contributed by atoms with Gasteiger partial charge in [0.25, 0.3) is 0 Å². The minimum absolute atomic E-state index is 0.492. The lowest BCUT2D eigenvalue weighted by Gasteiger charge is -2.23. The molecule has 0 bridgehead atoms. The second-order valence-electron chi connectivity index (χ2n) is 3.90. The third kappa shape index (κ3) is 3.65. The van der Waals surface area contributed by atoms with Crippen molar-refractivity contribution in [2.24, 2.45) is 0 Å². The Morgan fingerprint density at radius 1 is 1.38 bits per heavy atom. The van der Waals surface area contributed by atoms with Crippen LogP contribution in [0, 0.1) is 0 Å². The maximum Gasteiger partial charge on any atom is 0.0728 e. The van der Waals surface area contributed by atoms with Crippen molar-refractivity contribution in [3.63, 3.8) is 0 Å². The van der Waals surface area contributed by atoms with E-state index < -0.39 is 0 Å². The highest BCUT2D eigenvalue weighted by Crippen LogP contribution is 2.18. The van der Waals surface area contributed by atoms with E-state index in [-0.39, 0.29) is 0 Å². The van der Waals surface area contributed by atoms with Crippen LogP contribution in [-0.4, -0.2) is 25.3 Å². The van der Waals surface area contributed by atoms with Gasteiger partial charge in [0.05, 0.1) is 6.10 Å². The summed E-state index contributed by atoms with van der Waals surface area (Å²) < 4.78 is 5.70. The van der Waals surface area contributed by atoms with Crippen molar-refractivity contribution in [3.05, 3.63) is 0 Å². The highest BCUT2D eigenvalue weighted by Gasteiger charge is 2.24. The van der Waals surface area contributed by atoms with Gasteiger partial charge in [-0.3, -0.25) is 0 Å². The Morgan fingerprint density at radius 3 is 2.77 bits per heavy atom. The van der Waals surface area contributed by atoms with Crippen molar-refractivity contribution in [1.82, 2.24) is 5.32 Å². The van der Waals surface area contributed by atoms with E-state index >= 15 is 0 Å². The van der Waals surface area contributed by atoms with Gasteiger partial charge < -0.3 is 10.1 Å². The Labute approximate surface area is 82.0 Å². The molecule has 1 saturated heterocycles. The van der Waals surface area contributed by atoms with Crippen molar-refractivity contribution >= 4 is 0 Å². The molecule has 0 radical (unpaired) electrons. The number of ether oxygens (including phenoxy) is 1. The van der Waals surface area contributed by atoms with Gasteiger partial charge >= 0.3 is 0 Å². The van der Waals surface area contributed by atoms with Gasteiger partial charge in [-0.1, -0.05) is 20.3 Å². The summed E-state index contributed by atoms with van der Waals surface area (Å²) in [5, 5.41) is 3.59. The molecule has 1 fully saturated rings. The fraction of sp³-hybridized carbons (Fsp3) is 1.00. The van der Waals surface area contributed by atoms with Crippen LogP contribution in [0.2, 0.25) is 0 Å². The van der Waals surface area contributed by atoms with Crippen LogP contribution in [0.4, 0.5) is 0 Å². The predicted molar refractivity (Wildman–Crippen MR) is 56.0 cm³/mol. The van der Waals surface area contributed by atoms with E-state index in [2.05, 4.69) is 19.2 Å². The fourth-order valence-electron chi connectivity index (χ4n) is 1.98. The third-order valence-corrected chi connectivity index (χ3v) is 2.67. The van der Waals surface area contributed by atoms with Crippen molar-refractivity contribution < 1.29 is 4.74 Å². The minimum atomic E-state index is 0.492. The van der Waals surface area contributed by atoms with Gasteiger partial charge in [-0.15, -0.1) is 0 Å². The van der Waals surface area contributed by atoms with Crippen molar-refractivity contribution in [3.8, 4) is 0 Å². The summed E-state index contributed by atoms with van der Waals surface area (Å²) in [5.74, 6) is 0. The van der Waals surface area contributed by atoms with E-state index in [9.17, 15) is 0 Å². The van der Waals surface area contributed by atoms with Gasteiger partial charge in [0.1, 0.15) is 0 Å². The zero-order chi connectivity index (χ0) is 9.52. The first-order valence-corrected chi connectivity index (χ1v) is 5.73. The first kappa shape index (κ1) is 11.0. The molecule has 0 aromatic rings. The lowest BCUT2D eigenvalue weighted by molar-refractivity contribution is 0.0753. The molecular weight excluding hydrogens is 162 g/mol. The predicted octanol–water partition coefficient (Wildman–Crippen LogP) is 2.33. The van der Waals surface area contributed by atoms with Crippen LogP contribution in [-0.2, 0) is 4.74 Å². The third-order valence-electron chi connectivity index (χ3n) is 2.67. The van der Waals surface area contributed by atoms with E-state index in [1.54, 1.807) is 0 Å². The Kier molecular flexibility index (Phi) is 5.40. The smallest absolute Gasteiger partial charge is 0.0728 e. The molecule has 1 heterocycles. The molecular formula is C11H23NO. The fourth-order valence-corrected chi connectivity index (χ4v) is 1.98. The number of hydrogen-bond donors (Lipinski definition) is 1. The van der Waals surface area contributed by atoms with Gasteiger partial charge in [-0.05, 0) is 32.2 Å². The first-order valence-electron chi connectivity index (χ1n) is 5.73. The van der Waals surface area contributed by atoms with Gasteiger partial charge in [-0.25, -0.2) is 0 Å². The molecule has 1 N–H and O–H groups in total. The van der Waals surface area contributed by atoms with Gasteiger partial charge in [0.2, 0.25) is 0 Å². The second-order valence-corrected chi connectivity index (χ2v) is 3.90. The van der Waals surface area contributed by atoms with E-state index in [0.29, 0.717) is 12.1 Å². The maximum atomic E-state index is 5.70. The number of hydrogen-bond acceptors (Lipinski definition) is 2. The van der Waals surface area contributed by atoms with E-state index in [4.69, 9.17) is 4.74 Å². The summed E-state index contributed by atoms with van der Waals surface area (Å²) in [6, 6.07) is 0.604. The van der Waals surface area contributed by atoms with Gasteiger partial charge in [0, 0.05) is 12.6 Å². The monoisotopic (exact) mass is 185 g/mol. The first-order chi connectivity index (χ1) is 6.38. The van der Waals surface area contributed by atoms with Crippen LogP contribution in [0.3, 0.4) is 0 Å². The Morgan fingerprint density at radius 2 is 2.23 bits per heavy atom. The SMILES string of the molecule is CCCNC(CCC)C1CCCO1. The van der Waals surface area contributed by atoms with Crippen LogP contribution >= 0.6 is 0 Å². The minimum Gasteiger partial charge on any atom is -0.377 e. The Balaban J connectivity index is 2.26. The van der Waals surface area contributed by atoms with Crippen molar-refractivity contribution in [1.29, 1.82) is 0 Å². The molecule has 2 nitrogen and oxygen atoms in total. The summed E-state index contributed by atoms with van der Waals surface area (Å²) in [6.45, 7) is 6.56. The zero-order valence-electron chi connectivity index (χ0n) is 9.01. The highest BCUT2D eigenvalue weighted by molar-refractivity contribution is 4.79. The van der Waals surface area contributed by atoms with Crippen molar-refractivity contribution in [2.45, 2.75) is 58.1 Å². The maximum absolute atomic E-state index is 5.70. The van der Waals surface area contributed by atoms with E-state index in [0.717, 1.165) is 13.2 Å². The van der Waals surface area contributed by atoms with Crippen LogP contribution in [0.25, 0.3) is 0 Å². The molecule has 78 valence electrons. The standard InChI is InChI=1S/C11H23NO/c1-3-6-10(12-8-4-2)11-7-5-9-13-11/h10-12H,3-9H2,1-2H3. The number of rotatable bonds is 6. The van der Waals surface area contributed by atoms with Gasteiger partial charge in [-0.2, -0.15) is 0 Å². The molecule has 1 aliphatic rings. The van der Waals surface area contributed by atoms with Crippen LogP contribution in [0.5, 0.6) is 0 Å². The zero-order valence-corrected chi connectivity index (χ0v) is 9.01. The molecule has 1 rings (SSSR count). The van der Waals surface area contributed by atoms with Crippen molar-refractivity contribution in [2.75, 3.05) is 13.2 Å². The average molecular weight is 185 g/mol. The lowest BCUT2D eigenvalue weighted by atomic mass is 10.0. The van der Waals surface area contributed by atoms with Crippen LogP contribution < -0.4 is 5.32 Å². The molecule has 0 spiro atoms. The molecule has 1 aliphatic heterocycles. The lowest BCUT2D eigenvalue weighted by Crippen LogP contribution is -2.39. The molecule has 0 amide bonds. The Bertz CT molecular complexity index is 121. The van der Waals surface area contributed by atoms with E-state index in [1.807, 2.05) is 0 Å². The summed E-state index contributed by atoms with van der Waals surface area (Å²) in [7, 11) is 0. The summed E-state index contributed by atoms with van der Waals surface area (Å²) in [5.41, 5.74) is 0. The largest absolute Gasteiger partial charge is 0.377 e. The molecule has 2 heteroatoms. The number of nitrogens with one attached hydrogen (secondary N) is 1. The molecule has 0 saturated carbocycles. The normalized spacial score (nSPS) is 24.9. The Hall–Kier alpha value is -0.0800. The molecule has 0 aromatic carbocycles. The quantitative estimate of drug-likeness (QED) is 0.686. The highest BCUT2D eigenvalue weighted by atomic mass is 16.5. The van der Waals surface area contributed by atoms with Crippen LogP contribution in [0.1, 0.15) is 46.0 Å². The molecule has 2 atom stereocenters. The molecule has 0 aromatic heterocycles. The summed E-state index contributed by atoms with van der Waals surface area (Å²) in [6.07, 6.45) is 6.71. The molecule has 0 aliphatic carbocycles. The van der Waals surface area contributed by atoms with Gasteiger partial charge in [0.15, 0.2) is 0 Å². The van der Waals surface area contributed by atoms with E-state index in [1.165, 1.54) is 32.1 Å².